The number of carbonyl (C=O) groups excluding carboxylic acids is 2. The van der Waals surface area contributed by atoms with Crippen molar-refractivity contribution in [2.45, 2.75) is 57.3 Å². The van der Waals surface area contributed by atoms with E-state index in [2.05, 4.69) is 16.7 Å². The number of amides is 1. The highest BCUT2D eigenvalue weighted by molar-refractivity contribution is 8.76. The van der Waals surface area contributed by atoms with Crippen molar-refractivity contribution >= 4 is 44.4 Å². The van der Waals surface area contributed by atoms with E-state index in [0.717, 1.165) is 52.3 Å². The third kappa shape index (κ3) is 5.55. The van der Waals surface area contributed by atoms with Crippen LogP contribution < -0.4 is 26.7 Å². The minimum atomic E-state index is -1.11. The summed E-state index contributed by atoms with van der Waals surface area (Å²) in [6.45, 7) is 7.57. The lowest BCUT2D eigenvalue weighted by atomic mass is 9.61. The number of hydrogen-bond donors (Lipinski definition) is 3. The van der Waals surface area contributed by atoms with Gasteiger partial charge >= 0.3 is 11.6 Å². The van der Waals surface area contributed by atoms with Crippen LogP contribution in [0.4, 0.5) is 0 Å². The Morgan fingerprint density at radius 3 is 2.90 bits per heavy atom. The van der Waals surface area contributed by atoms with E-state index in [1.807, 2.05) is 37.9 Å². The second kappa shape index (κ2) is 12.7. The number of fused-ring (bicyclic) bond motifs is 6. The molecule has 7 rings (SSSR count). The van der Waals surface area contributed by atoms with Gasteiger partial charge in [-0.25, -0.2) is 9.59 Å². The minimum Gasteiger partial charge on any atom is -0.481 e. The molecule has 1 aliphatic carbocycles. The molecule has 10 nitrogen and oxygen atoms in total. The maximum Gasteiger partial charge on any atom is 0.336 e. The lowest BCUT2D eigenvalue weighted by molar-refractivity contribution is -0.186. The van der Waals surface area contributed by atoms with Crippen molar-refractivity contribution in [1.29, 1.82) is 0 Å². The molecule has 0 saturated carbocycles. The molecule has 2 aromatic rings. The van der Waals surface area contributed by atoms with E-state index < -0.39 is 28.7 Å². The average molecular weight is 691 g/mol. The third-order valence-corrected chi connectivity index (χ3v) is 13.1. The largest absolute Gasteiger partial charge is 0.481 e. The molecule has 5 aliphatic rings. The van der Waals surface area contributed by atoms with E-state index in [9.17, 15) is 14.4 Å². The van der Waals surface area contributed by atoms with Crippen LogP contribution in [0.25, 0.3) is 11.0 Å². The Hall–Kier alpha value is -3.61. The van der Waals surface area contributed by atoms with Gasteiger partial charge in [0.05, 0.1) is 18.2 Å². The molecule has 48 heavy (non-hydrogen) atoms. The van der Waals surface area contributed by atoms with Crippen LogP contribution in [0.15, 0.2) is 79.8 Å². The maximum atomic E-state index is 14.0. The zero-order valence-electron chi connectivity index (χ0n) is 27.7. The number of allylic oxidation sites excluding steroid dienone is 2. The Labute approximate surface area is 288 Å². The second-order valence-corrected chi connectivity index (χ2v) is 16.1. The molecule has 1 aromatic heterocycles. The fourth-order valence-corrected chi connectivity index (χ4v) is 10.4. The number of ether oxygens (including phenoxy) is 2. The number of nitrogens with one attached hydrogen (secondary N) is 2. The molecule has 1 amide bonds. The van der Waals surface area contributed by atoms with Crippen LogP contribution in [0, 0.1) is 11.8 Å². The molecule has 4 N–H and O–H groups in total. The molecule has 0 bridgehead atoms. The first-order chi connectivity index (χ1) is 23.1. The summed E-state index contributed by atoms with van der Waals surface area (Å²) < 4.78 is 19.2. The molecular formula is C36H42N4O6S2. The normalized spacial score (nSPS) is 30.3. The van der Waals surface area contributed by atoms with Crippen molar-refractivity contribution < 1.29 is 23.5 Å². The molecule has 1 fully saturated rings. The standard InChI is InChI=1S/C36H42N4O6S2/c1-5-20(2)34(43)46-35(3)9-8-22-18-47-48-19-27-25(15-38-4)17-40(27)31(41)11-24-16-39-30(37)12-26(24)33(22)36(35)14-23-10-21-6-7-32(42)44-28(21)13-29(23)45-36/h5-8,10,12-13,25,27,33,38-39H,9,11,14-19,37H2,1-4H3. The molecule has 254 valence electrons. The zero-order valence-corrected chi connectivity index (χ0v) is 29.4. The Balaban J connectivity index is 1.39. The lowest BCUT2D eigenvalue weighted by Gasteiger charge is -2.53. The maximum absolute atomic E-state index is 14.0. The van der Waals surface area contributed by atoms with Crippen LogP contribution in [0.1, 0.15) is 39.2 Å². The van der Waals surface area contributed by atoms with Crippen LogP contribution >= 0.6 is 21.6 Å². The van der Waals surface area contributed by atoms with Gasteiger partial charge in [0.15, 0.2) is 11.2 Å². The van der Waals surface area contributed by atoms with Gasteiger partial charge in [0, 0.05) is 79.0 Å². The summed E-state index contributed by atoms with van der Waals surface area (Å²) >= 11 is 0. The molecule has 5 atom stereocenters. The molecule has 5 heterocycles. The van der Waals surface area contributed by atoms with Gasteiger partial charge in [-0.2, -0.15) is 0 Å². The summed E-state index contributed by atoms with van der Waals surface area (Å²) in [4.78, 5) is 41.7. The van der Waals surface area contributed by atoms with Crippen molar-refractivity contribution in [2.24, 2.45) is 17.6 Å². The first-order valence-electron chi connectivity index (χ1n) is 16.5. The molecule has 4 aliphatic heterocycles. The summed E-state index contributed by atoms with van der Waals surface area (Å²) in [6.07, 6.45) is 7.02. The predicted octanol–water partition coefficient (Wildman–Crippen LogP) is 4.21. The number of hydrogen-bond acceptors (Lipinski definition) is 11. The first kappa shape index (κ1) is 32.9. The second-order valence-electron chi connectivity index (χ2n) is 13.6. The van der Waals surface area contributed by atoms with Crippen LogP contribution in [-0.2, 0) is 20.7 Å². The molecule has 0 radical (unpaired) electrons. The van der Waals surface area contributed by atoms with Gasteiger partial charge in [0.25, 0.3) is 0 Å². The third-order valence-electron chi connectivity index (χ3n) is 10.7. The highest BCUT2D eigenvalue weighted by Gasteiger charge is 2.64. The van der Waals surface area contributed by atoms with Gasteiger partial charge in [-0.05, 0) is 62.7 Å². The Morgan fingerprint density at radius 2 is 2.10 bits per heavy atom. The van der Waals surface area contributed by atoms with Crippen molar-refractivity contribution in [3.8, 4) is 5.75 Å². The van der Waals surface area contributed by atoms with Gasteiger partial charge in [-0.3, -0.25) is 4.79 Å². The Kier molecular flexibility index (Phi) is 8.70. The van der Waals surface area contributed by atoms with Crippen LogP contribution in [0.2, 0.25) is 0 Å². The van der Waals surface area contributed by atoms with Gasteiger partial charge in [0.2, 0.25) is 5.91 Å². The summed E-state index contributed by atoms with van der Waals surface area (Å²) in [5.41, 5.74) is 8.74. The number of rotatable bonds is 4. The predicted molar refractivity (Wildman–Crippen MR) is 189 cm³/mol. The number of nitrogens with zero attached hydrogens (tertiary/aromatic N) is 1. The summed E-state index contributed by atoms with van der Waals surface area (Å²) in [5.74, 6) is 2.40. The van der Waals surface area contributed by atoms with E-state index in [1.165, 1.54) is 6.07 Å². The summed E-state index contributed by atoms with van der Waals surface area (Å²) in [7, 11) is 5.54. The fraction of sp³-hybridized carbons (Fsp3) is 0.472. The van der Waals surface area contributed by atoms with Gasteiger partial charge < -0.3 is 35.2 Å². The molecule has 1 aromatic carbocycles. The lowest BCUT2D eigenvalue weighted by Crippen LogP contribution is -2.65. The highest BCUT2D eigenvalue weighted by atomic mass is 33.1. The number of benzene rings is 1. The molecule has 12 heteroatoms. The van der Waals surface area contributed by atoms with Gasteiger partial charge in [-0.1, -0.05) is 39.3 Å². The van der Waals surface area contributed by atoms with Crippen molar-refractivity contribution in [1.82, 2.24) is 15.5 Å². The van der Waals surface area contributed by atoms with Crippen molar-refractivity contribution in [3.05, 3.63) is 86.6 Å². The smallest absolute Gasteiger partial charge is 0.336 e. The van der Waals surface area contributed by atoms with Crippen LogP contribution in [0.3, 0.4) is 0 Å². The quantitative estimate of drug-likeness (QED) is 0.140. The fourth-order valence-electron chi connectivity index (χ4n) is 7.89. The van der Waals surface area contributed by atoms with E-state index in [0.29, 0.717) is 48.0 Å². The molecule has 1 saturated heterocycles. The van der Waals surface area contributed by atoms with E-state index in [4.69, 9.17) is 19.6 Å². The monoisotopic (exact) mass is 690 g/mol. The molecule has 5 unspecified atom stereocenters. The number of nitrogens with two attached hydrogens (primary N) is 1. The van der Waals surface area contributed by atoms with Crippen LogP contribution in [-0.4, -0.2) is 72.2 Å². The zero-order chi connectivity index (χ0) is 33.8. The van der Waals surface area contributed by atoms with Crippen molar-refractivity contribution in [3.63, 3.8) is 0 Å². The van der Waals surface area contributed by atoms with Crippen LogP contribution in [0.5, 0.6) is 5.75 Å². The SMILES string of the molecule is CC=C(C)C(=O)OC1(C)CC=C2CSSCC3C(CNC)CN3C(=O)CC3=C(C=C(N)NC3)C2C12Cc1cc3ccc(=O)oc3cc1O2. The Bertz CT molecular complexity index is 1870. The summed E-state index contributed by atoms with van der Waals surface area (Å²) in [5, 5.41) is 7.35. The minimum absolute atomic E-state index is 0.104. The van der Waals surface area contributed by atoms with E-state index in [-0.39, 0.29) is 18.4 Å². The topological polar surface area (TPSA) is 136 Å². The number of dihydropyridines is 1. The highest BCUT2D eigenvalue weighted by Crippen LogP contribution is 2.57. The number of esters is 1. The first-order valence-corrected chi connectivity index (χ1v) is 19.0. The van der Waals surface area contributed by atoms with E-state index in [1.54, 1.807) is 46.7 Å². The average Bonchev–Trinajstić information content (AvgIpc) is 3.42. The molecular weight excluding hydrogens is 649 g/mol. The van der Waals surface area contributed by atoms with Crippen molar-refractivity contribution in [2.75, 3.05) is 38.2 Å². The van der Waals surface area contributed by atoms with Gasteiger partial charge in [0.1, 0.15) is 11.3 Å². The van der Waals surface area contributed by atoms with E-state index >= 15 is 0 Å². The number of carbonyl (C=O) groups is 2. The summed E-state index contributed by atoms with van der Waals surface area (Å²) in [6, 6.07) is 7.12. The van der Waals surface area contributed by atoms with Gasteiger partial charge in [-0.15, -0.1) is 0 Å². The molecule has 1 spiro atoms. The Morgan fingerprint density at radius 1 is 1.27 bits per heavy atom.